The van der Waals surface area contributed by atoms with E-state index in [1.807, 2.05) is 26.0 Å². The van der Waals surface area contributed by atoms with Crippen molar-refractivity contribution in [1.82, 2.24) is 0 Å². The minimum absolute atomic E-state index is 0.182. The van der Waals surface area contributed by atoms with Crippen LogP contribution in [0.25, 0.3) is 0 Å². The molecule has 1 atom stereocenters. The Balaban J connectivity index is 2.42. The van der Waals surface area contributed by atoms with E-state index in [4.69, 9.17) is 0 Å². The summed E-state index contributed by atoms with van der Waals surface area (Å²) in [4.78, 5) is 0. The maximum Gasteiger partial charge on any atom is 0.0566 e. The average Bonchev–Trinajstić information content (AvgIpc) is 2.16. The monoisotopic (exact) mass is 256 g/mol. The summed E-state index contributed by atoms with van der Waals surface area (Å²) in [5.74, 6) is 0.352. The minimum atomic E-state index is -0.182. The summed E-state index contributed by atoms with van der Waals surface area (Å²) in [5.41, 5.74) is 1.29. The summed E-state index contributed by atoms with van der Waals surface area (Å²) < 4.78 is 1.10. The Morgan fingerprint density at radius 3 is 2.29 bits per heavy atom. The normalized spacial score (nSPS) is 13.2. The van der Waals surface area contributed by atoms with E-state index in [1.165, 1.54) is 5.56 Å². The van der Waals surface area contributed by atoms with Crippen LogP contribution in [0.5, 0.6) is 0 Å². The number of aliphatic hydroxyl groups excluding tert-OH is 1. The molecule has 0 saturated carbocycles. The first kappa shape index (κ1) is 11.7. The third-order valence-corrected chi connectivity index (χ3v) is 2.94. The average molecular weight is 257 g/mol. The minimum Gasteiger partial charge on any atom is -0.393 e. The van der Waals surface area contributed by atoms with Crippen LogP contribution >= 0.6 is 15.9 Å². The third-order valence-electron chi connectivity index (χ3n) is 2.41. The van der Waals surface area contributed by atoms with Crippen LogP contribution in [0.3, 0.4) is 0 Å². The van der Waals surface area contributed by atoms with Crippen molar-refractivity contribution in [3.63, 3.8) is 0 Å². The van der Waals surface area contributed by atoms with E-state index in [9.17, 15) is 5.11 Å². The summed E-state index contributed by atoms with van der Waals surface area (Å²) in [5, 5.41) is 9.63. The SMILES string of the molecule is CC(C)C(O)CCc1ccc(Br)cc1. The van der Waals surface area contributed by atoms with Gasteiger partial charge in [-0.05, 0) is 36.5 Å². The quantitative estimate of drug-likeness (QED) is 0.876. The third kappa shape index (κ3) is 3.81. The van der Waals surface area contributed by atoms with Gasteiger partial charge in [0, 0.05) is 4.47 Å². The van der Waals surface area contributed by atoms with Crippen molar-refractivity contribution in [1.29, 1.82) is 0 Å². The Labute approximate surface area is 94.3 Å². The predicted molar refractivity (Wildman–Crippen MR) is 63.3 cm³/mol. The van der Waals surface area contributed by atoms with Crippen LogP contribution in [0.2, 0.25) is 0 Å². The number of hydrogen-bond acceptors (Lipinski definition) is 1. The van der Waals surface area contributed by atoms with Crippen molar-refractivity contribution in [2.45, 2.75) is 32.8 Å². The van der Waals surface area contributed by atoms with Gasteiger partial charge in [-0.3, -0.25) is 0 Å². The Hall–Kier alpha value is -0.340. The second-order valence-corrected chi connectivity index (χ2v) is 4.89. The van der Waals surface area contributed by atoms with Gasteiger partial charge in [-0.15, -0.1) is 0 Å². The van der Waals surface area contributed by atoms with Crippen molar-refractivity contribution >= 4 is 15.9 Å². The smallest absolute Gasteiger partial charge is 0.0566 e. The first-order chi connectivity index (χ1) is 6.59. The fourth-order valence-electron chi connectivity index (χ4n) is 1.30. The van der Waals surface area contributed by atoms with Gasteiger partial charge in [0.15, 0.2) is 0 Å². The topological polar surface area (TPSA) is 20.2 Å². The molecule has 1 aromatic carbocycles. The lowest BCUT2D eigenvalue weighted by molar-refractivity contribution is 0.116. The van der Waals surface area contributed by atoms with E-state index in [2.05, 4.69) is 28.1 Å². The summed E-state index contributed by atoms with van der Waals surface area (Å²) in [7, 11) is 0. The molecule has 0 heterocycles. The van der Waals surface area contributed by atoms with Gasteiger partial charge in [-0.25, -0.2) is 0 Å². The van der Waals surface area contributed by atoms with Gasteiger partial charge in [0.1, 0.15) is 0 Å². The highest BCUT2D eigenvalue weighted by Gasteiger charge is 2.08. The fraction of sp³-hybridized carbons (Fsp3) is 0.500. The molecule has 0 aliphatic heterocycles. The van der Waals surface area contributed by atoms with Crippen LogP contribution in [0, 0.1) is 5.92 Å². The predicted octanol–water partition coefficient (Wildman–Crippen LogP) is 3.40. The molecule has 1 nitrogen and oxygen atoms in total. The molecule has 1 rings (SSSR count). The molecule has 1 aromatic rings. The molecule has 0 amide bonds. The van der Waals surface area contributed by atoms with Crippen LogP contribution in [-0.2, 0) is 6.42 Å². The van der Waals surface area contributed by atoms with Gasteiger partial charge in [0.25, 0.3) is 0 Å². The zero-order chi connectivity index (χ0) is 10.6. The van der Waals surface area contributed by atoms with Crippen LogP contribution in [0.1, 0.15) is 25.8 Å². The molecule has 1 N–H and O–H groups in total. The molecule has 78 valence electrons. The van der Waals surface area contributed by atoms with Gasteiger partial charge >= 0.3 is 0 Å². The molecular formula is C12H17BrO. The van der Waals surface area contributed by atoms with E-state index < -0.39 is 0 Å². The maximum absolute atomic E-state index is 9.63. The number of halogens is 1. The Bertz CT molecular complexity index is 266. The van der Waals surface area contributed by atoms with Gasteiger partial charge in [0.2, 0.25) is 0 Å². The standard InChI is InChI=1S/C12H17BrO/c1-9(2)12(14)8-5-10-3-6-11(13)7-4-10/h3-4,6-7,9,12,14H,5,8H2,1-2H3. The molecule has 2 heteroatoms. The lowest BCUT2D eigenvalue weighted by Crippen LogP contribution is -2.15. The van der Waals surface area contributed by atoms with E-state index in [0.717, 1.165) is 17.3 Å². The molecular weight excluding hydrogens is 240 g/mol. The molecule has 0 aliphatic carbocycles. The second kappa shape index (κ2) is 5.52. The van der Waals surface area contributed by atoms with Crippen molar-refractivity contribution in [2.24, 2.45) is 5.92 Å². The largest absolute Gasteiger partial charge is 0.393 e. The van der Waals surface area contributed by atoms with E-state index >= 15 is 0 Å². The highest BCUT2D eigenvalue weighted by molar-refractivity contribution is 9.10. The zero-order valence-electron chi connectivity index (χ0n) is 8.70. The molecule has 0 saturated heterocycles. The van der Waals surface area contributed by atoms with Crippen LogP contribution in [0.15, 0.2) is 28.7 Å². The Kier molecular flexibility index (Phi) is 4.63. The van der Waals surface area contributed by atoms with E-state index in [-0.39, 0.29) is 6.10 Å². The van der Waals surface area contributed by atoms with Gasteiger partial charge in [-0.2, -0.15) is 0 Å². The summed E-state index contributed by atoms with van der Waals surface area (Å²) in [6, 6.07) is 8.27. The zero-order valence-corrected chi connectivity index (χ0v) is 10.3. The maximum atomic E-state index is 9.63. The molecule has 14 heavy (non-hydrogen) atoms. The molecule has 0 aromatic heterocycles. The van der Waals surface area contributed by atoms with E-state index in [0.29, 0.717) is 5.92 Å². The van der Waals surface area contributed by atoms with Gasteiger partial charge in [0.05, 0.1) is 6.10 Å². The number of hydrogen-bond donors (Lipinski definition) is 1. The van der Waals surface area contributed by atoms with Crippen LogP contribution < -0.4 is 0 Å². The van der Waals surface area contributed by atoms with Crippen molar-refractivity contribution in [3.8, 4) is 0 Å². The number of benzene rings is 1. The second-order valence-electron chi connectivity index (χ2n) is 3.98. The first-order valence-corrected chi connectivity index (χ1v) is 5.81. The van der Waals surface area contributed by atoms with Gasteiger partial charge in [-0.1, -0.05) is 41.9 Å². The molecule has 0 radical (unpaired) electrons. The lowest BCUT2D eigenvalue weighted by Gasteiger charge is -2.13. The van der Waals surface area contributed by atoms with Gasteiger partial charge < -0.3 is 5.11 Å². The number of aliphatic hydroxyl groups is 1. The van der Waals surface area contributed by atoms with Crippen molar-refractivity contribution in [2.75, 3.05) is 0 Å². The fourth-order valence-corrected chi connectivity index (χ4v) is 1.56. The summed E-state index contributed by atoms with van der Waals surface area (Å²) in [6.07, 6.45) is 1.62. The first-order valence-electron chi connectivity index (χ1n) is 5.02. The number of rotatable bonds is 4. The Morgan fingerprint density at radius 2 is 1.79 bits per heavy atom. The van der Waals surface area contributed by atoms with Crippen molar-refractivity contribution in [3.05, 3.63) is 34.3 Å². The molecule has 0 aliphatic rings. The number of aryl methyl sites for hydroxylation is 1. The van der Waals surface area contributed by atoms with Crippen LogP contribution in [-0.4, -0.2) is 11.2 Å². The summed E-state index contributed by atoms with van der Waals surface area (Å²) >= 11 is 3.40. The Morgan fingerprint density at radius 1 is 1.21 bits per heavy atom. The molecule has 0 bridgehead atoms. The lowest BCUT2D eigenvalue weighted by atomic mass is 9.99. The van der Waals surface area contributed by atoms with E-state index in [1.54, 1.807) is 0 Å². The molecule has 0 spiro atoms. The highest BCUT2D eigenvalue weighted by atomic mass is 79.9. The molecule has 1 unspecified atom stereocenters. The summed E-state index contributed by atoms with van der Waals surface area (Å²) in [6.45, 7) is 4.10. The molecule has 0 fully saturated rings. The van der Waals surface area contributed by atoms with Crippen molar-refractivity contribution < 1.29 is 5.11 Å². The van der Waals surface area contributed by atoms with Crippen LogP contribution in [0.4, 0.5) is 0 Å². The highest BCUT2D eigenvalue weighted by Crippen LogP contribution is 2.14.